The third-order valence-electron chi connectivity index (χ3n) is 6.60. The number of carbonyl (C=O) groups excluding carboxylic acids is 2. The molecule has 1 unspecified atom stereocenters. The topological polar surface area (TPSA) is 246 Å². The van der Waals surface area contributed by atoms with Crippen molar-refractivity contribution in [3.05, 3.63) is 47.7 Å². The number of benzene rings is 1. The summed E-state index contributed by atoms with van der Waals surface area (Å²) in [5, 5.41) is 17.1. The Kier molecular flexibility index (Phi) is 9.82. The summed E-state index contributed by atoms with van der Waals surface area (Å²) in [7, 11) is -2.89. The zero-order chi connectivity index (χ0) is 32.2. The van der Waals surface area contributed by atoms with Gasteiger partial charge in [-0.15, -0.1) is 16.0 Å². The predicted octanol–water partition coefficient (Wildman–Crippen LogP) is -0.862. The molecule has 0 saturated carbocycles. The Hall–Kier alpha value is -4.59. The Morgan fingerprint density at radius 1 is 1.27 bits per heavy atom. The average Bonchev–Trinajstić information content (AvgIpc) is 3.56. The van der Waals surface area contributed by atoms with Crippen LogP contribution in [0.5, 0.6) is 5.75 Å². The maximum absolute atomic E-state index is 13.0. The van der Waals surface area contributed by atoms with Gasteiger partial charge in [-0.25, -0.2) is 14.1 Å². The van der Waals surface area contributed by atoms with Gasteiger partial charge >= 0.3 is 16.3 Å². The molecule has 3 heterocycles. The number of oxime groups is 1. The Balaban J connectivity index is 1.43. The van der Waals surface area contributed by atoms with Crippen molar-refractivity contribution in [2.24, 2.45) is 17.9 Å². The van der Waals surface area contributed by atoms with E-state index in [2.05, 4.69) is 15.5 Å². The number of nitrogen functional groups attached to an aromatic ring is 1. The van der Waals surface area contributed by atoms with Crippen molar-refractivity contribution in [3.8, 4) is 16.9 Å². The third kappa shape index (κ3) is 7.30. The predicted molar refractivity (Wildman–Crippen MR) is 156 cm³/mol. The molecule has 1 aliphatic rings. The molecule has 0 bridgehead atoms. The summed E-state index contributed by atoms with van der Waals surface area (Å²) in [6.07, 6.45) is 3.13. The molecule has 0 spiro atoms. The van der Waals surface area contributed by atoms with Gasteiger partial charge in [-0.1, -0.05) is 17.3 Å². The van der Waals surface area contributed by atoms with Crippen molar-refractivity contribution in [2.75, 3.05) is 18.9 Å². The number of carboxylic acid groups (broad SMARTS) is 1. The summed E-state index contributed by atoms with van der Waals surface area (Å²) >= 11 is 0.961. The average molecular weight is 652 g/mol. The second-order valence-corrected chi connectivity index (χ2v) is 11.9. The number of thiazole rings is 1. The van der Waals surface area contributed by atoms with Crippen molar-refractivity contribution >= 4 is 50.3 Å². The number of aromatic nitrogens is 3. The van der Waals surface area contributed by atoms with Crippen molar-refractivity contribution < 1.29 is 46.7 Å². The van der Waals surface area contributed by atoms with Gasteiger partial charge in [-0.3, -0.25) is 14.1 Å². The van der Waals surface area contributed by atoms with Gasteiger partial charge in [0.15, 0.2) is 17.9 Å². The molecule has 17 nitrogen and oxygen atoms in total. The van der Waals surface area contributed by atoms with Crippen LogP contribution in [0.25, 0.3) is 11.1 Å². The van der Waals surface area contributed by atoms with E-state index in [0.717, 1.165) is 35.4 Å². The second kappa shape index (κ2) is 13.4. The number of amides is 2. The van der Waals surface area contributed by atoms with Crippen LogP contribution >= 0.6 is 11.3 Å². The fourth-order valence-corrected chi connectivity index (χ4v) is 5.71. The number of carbonyl (C=O) groups is 3. The first-order valence-electron chi connectivity index (χ1n) is 13.1. The van der Waals surface area contributed by atoms with Crippen molar-refractivity contribution in [3.63, 3.8) is 0 Å². The van der Waals surface area contributed by atoms with Crippen LogP contribution in [0.15, 0.2) is 47.2 Å². The molecule has 1 fully saturated rings. The van der Waals surface area contributed by atoms with E-state index >= 15 is 0 Å². The highest BCUT2D eigenvalue weighted by atomic mass is 32.2. The normalized spacial score (nSPS) is 17.6. The van der Waals surface area contributed by atoms with Gasteiger partial charge in [-0.05, 0) is 37.6 Å². The van der Waals surface area contributed by atoms with E-state index in [1.54, 1.807) is 12.1 Å². The van der Waals surface area contributed by atoms with Gasteiger partial charge < -0.3 is 31.5 Å². The summed E-state index contributed by atoms with van der Waals surface area (Å²) < 4.78 is 41.7. The standard InChI is InChI=1S/C25H30N8O9S2/c1-14-20(23(35)33(14)44(38,39)40)29-22(34)21(18-13-43-25(27)28-18)30-42-19(24(36)37)12-41-17-6-4-15(5-7-17)16-10-31(2)32(11-16)9-3-8-26/h4-7,10-11,13-14,19-20H,3,8-9,12,26H2,1-2H3,(H4-,27,28,29,34,36,37,38,39,40)/p+1/b30-21-/t14-,19?,20+/m1/s1. The number of hydrogen-bond donors (Lipinski definition) is 5. The number of aliphatic carboxylic acids is 1. The number of nitrogens with zero attached hydrogens (tertiary/aromatic N) is 5. The molecule has 1 aromatic carbocycles. The Morgan fingerprint density at radius 2 is 1.98 bits per heavy atom. The molecule has 2 amide bonds. The largest absolute Gasteiger partial charge is 0.489 e. The first-order valence-corrected chi connectivity index (χ1v) is 15.4. The lowest BCUT2D eigenvalue weighted by molar-refractivity contribution is -0.753. The second-order valence-electron chi connectivity index (χ2n) is 9.67. The SMILES string of the molecule is C[C@@H]1[C@H](NC(=O)/C(=N\OC(COc2ccc(-c3cn(CCCN)[n+](C)c3)cc2)C(=O)O)c2csc(N)n2)C(=O)N1S(=O)(=O)O. The van der Waals surface area contributed by atoms with Crippen LogP contribution in [0.1, 0.15) is 19.0 Å². The maximum Gasteiger partial charge on any atom is 0.362 e. The van der Waals surface area contributed by atoms with Crippen LogP contribution in [0, 0.1) is 0 Å². The molecule has 3 atom stereocenters. The van der Waals surface area contributed by atoms with Crippen LogP contribution in [0.3, 0.4) is 0 Å². The van der Waals surface area contributed by atoms with Gasteiger partial charge in [0.1, 0.15) is 24.1 Å². The smallest absolute Gasteiger partial charge is 0.362 e. The van der Waals surface area contributed by atoms with Crippen molar-refractivity contribution in [2.45, 2.75) is 38.1 Å². The van der Waals surface area contributed by atoms with Gasteiger partial charge in [0.05, 0.1) is 24.3 Å². The molecule has 4 rings (SSSR count). The Morgan fingerprint density at radius 3 is 2.55 bits per heavy atom. The lowest BCUT2D eigenvalue weighted by Gasteiger charge is -2.42. The maximum atomic E-state index is 13.0. The number of nitrogens with one attached hydrogen (secondary N) is 1. The van der Waals surface area contributed by atoms with E-state index in [1.807, 2.05) is 40.9 Å². The molecule has 2 aromatic heterocycles. The van der Waals surface area contributed by atoms with Crippen molar-refractivity contribution in [1.82, 2.24) is 19.3 Å². The van der Waals surface area contributed by atoms with E-state index in [4.69, 9.17) is 21.0 Å². The van der Waals surface area contributed by atoms with E-state index in [-0.39, 0.29) is 15.1 Å². The van der Waals surface area contributed by atoms with Gasteiger partial charge in [0.2, 0.25) is 6.20 Å². The van der Waals surface area contributed by atoms with Crippen molar-refractivity contribution in [1.29, 1.82) is 0 Å². The molecule has 0 radical (unpaired) electrons. The Bertz CT molecular complexity index is 1670. The summed E-state index contributed by atoms with van der Waals surface area (Å²) in [5.74, 6) is -3.19. The summed E-state index contributed by atoms with van der Waals surface area (Å²) in [6.45, 7) is 2.16. The van der Waals surface area contributed by atoms with Crippen LogP contribution in [0.4, 0.5) is 5.13 Å². The van der Waals surface area contributed by atoms with Gasteiger partial charge in [-0.2, -0.15) is 13.1 Å². The number of aryl methyl sites for hydroxylation is 2. The highest BCUT2D eigenvalue weighted by Crippen LogP contribution is 2.24. The molecular weight excluding hydrogens is 620 g/mol. The minimum atomic E-state index is -4.82. The molecular formula is C25H31N8O9S2+. The number of carboxylic acids is 1. The molecule has 1 aliphatic heterocycles. The van der Waals surface area contributed by atoms with Gasteiger partial charge in [0, 0.05) is 5.38 Å². The first-order chi connectivity index (χ1) is 20.8. The third-order valence-corrected chi connectivity index (χ3v) is 8.28. The zero-order valence-electron chi connectivity index (χ0n) is 23.6. The highest BCUT2D eigenvalue weighted by Gasteiger charge is 2.51. The van der Waals surface area contributed by atoms with E-state index in [0.29, 0.717) is 12.3 Å². The van der Waals surface area contributed by atoms with Crippen LogP contribution in [-0.4, -0.2) is 86.9 Å². The van der Waals surface area contributed by atoms with Crippen LogP contribution in [0.2, 0.25) is 0 Å². The molecule has 1 saturated heterocycles. The van der Waals surface area contributed by atoms with E-state index in [9.17, 15) is 32.5 Å². The lowest BCUT2D eigenvalue weighted by Crippen LogP contribution is -2.71. The first kappa shape index (κ1) is 32.3. The zero-order valence-corrected chi connectivity index (χ0v) is 25.2. The monoisotopic (exact) mass is 651 g/mol. The number of hydrogen-bond acceptors (Lipinski definition) is 12. The number of β-lactam (4-membered cyclic amide) rings is 1. The fraction of sp³-hybridized carbons (Fsp3) is 0.360. The minimum Gasteiger partial charge on any atom is -0.489 e. The van der Waals surface area contributed by atoms with E-state index in [1.165, 1.54) is 12.3 Å². The number of anilines is 1. The molecule has 236 valence electrons. The van der Waals surface area contributed by atoms with Crippen LogP contribution in [-0.2, 0) is 43.1 Å². The molecule has 0 aliphatic carbocycles. The van der Waals surface area contributed by atoms with Crippen LogP contribution < -0.4 is 26.2 Å². The molecule has 44 heavy (non-hydrogen) atoms. The molecule has 7 N–H and O–H groups in total. The minimum absolute atomic E-state index is 0.0635. The molecule has 19 heteroatoms. The van der Waals surface area contributed by atoms with E-state index < -0.39 is 58.6 Å². The number of nitrogens with two attached hydrogens (primary N) is 2. The number of ether oxygens (including phenoxy) is 1. The summed E-state index contributed by atoms with van der Waals surface area (Å²) in [5.41, 5.74) is 12.5. The quantitative estimate of drug-likeness (QED) is 0.0470. The highest BCUT2D eigenvalue weighted by molar-refractivity contribution is 7.84. The summed E-state index contributed by atoms with van der Waals surface area (Å²) in [4.78, 5) is 46.2. The fourth-order valence-electron chi connectivity index (χ4n) is 4.28. The lowest BCUT2D eigenvalue weighted by atomic mass is 10.0. The Labute approximate surface area is 255 Å². The van der Waals surface area contributed by atoms with Gasteiger partial charge in [0.25, 0.3) is 17.9 Å². The summed E-state index contributed by atoms with van der Waals surface area (Å²) in [6, 6.07) is 4.53. The molecule has 3 aromatic rings. The number of rotatable bonds is 14.